The molecule has 1 heterocycles. The molecule has 1 aromatic carbocycles. The van der Waals surface area contributed by atoms with E-state index in [1.807, 2.05) is 0 Å². The Hall–Kier alpha value is -2.34. The summed E-state index contributed by atoms with van der Waals surface area (Å²) in [4.78, 5) is 18.5. The highest BCUT2D eigenvalue weighted by Gasteiger charge is 2.05. The molecule has 0 fully saturated rings. The van der Waals surface area contributed by atoms with E-state index in [0.29, 0.717) is 12.1 Å². The van der Waals surface area contributed by atoms with Crippen molar-refractivity contribution in [2.75, 3.05) is 5.43 Å². The van der Waals surface area contributed by atoms with E-state index in [-0.39, 0.29) is 5.91 Å². The summed E-state index contributed by atoms with van der Waals surface area (Å²) < 4.78 is 0. The second-order valence-electron chi connectivity index (χ2n) is 3.48. The molecule has 0 radical (unpaired) electrons. The predicted molar refractivity (Wildman–Crippen MR) is 64.0 cm³/mol. The van der Waals surface area contributed by atoms with Crippen LogP contribution in [0.5, 0.6) is 0 Å². The van der Waals surface area contributed by atoms with Crippen molar-refractivity contribution in [2.24, 2.45) is 5.84 Å². The van der Waals surface area contributed by atoms with Gasteiger partial charge in [-0.2, -0.15) is 0 Å². The maximum atomic E-state index is 11.7. The Kier molecular flexibility index (Phi) is 3.37. The number of nitrogen functional groups attached to an aromatic ring is 1. The Morgan fingerprint density at radius 3 is 2.71 bits per heavy atom. The van der Waals surface area contributed by atoms with Crippen molar-refractivity contribution in [3.05, 3.63) is 48.0 Å². The molecule has 88 valence electrons. The average molecular weight is 231 g/mol. The van der Waals surface area contributed by atoms with Gasteiger partial charge in [-0.3, -0.25) is 10.6 Å². The number of aromatic amines is 1. The third-order valence-corrected chi connectivity index (χ3v) is 2.31. The number of carbonyl (C=O) groups is 1. The van der Waals surface area contributed by atoms with Gasteiger partial charge in [-0.05, 0) is 24.3 Å². The van der Waals surface area contributed by atoms with E-state index in [0.717, 1.165) is 11.4 Å². The summed E-state index contributed by atoms with van der Waals surface area (Å²) in [5.74, 6) is 5.10. The minimum atomic E-state index is -0.136. The number of nitrogens with one attached hydrogen (secondary N) is 3. The van der Waals surface area contributed by atoms with Crippen LogP contribution < -0.4 is 16.6 Å². The zero-order valence-corrected chi connectivity index (χ0v) is 9.10. The lowest BCUT2D eigenvalue weighted by molar-refractivity contribution is 0.0950. The number of hydrogen-bond donors (Lipinski definition) is 4. The largest absolute Gasteiger partial charge is 0.347 e. The monoisotopic (exact) mass is 231 g/mol. The number of benzene rings is 1. The number of nitrogens with two attached hydrogens (primary N) is 1. The van der Waals surface area contributed by atoms with Crippen LogP contribution in [0.15, 0.2) is 36.8 Å². The van der Waals surface area contributed by atoms with Gasteiger partial charge < -0.3 is 15.7 Å². The first-order valence-corrected chi connectivity index (χ1v) is 5.12. The first kappa shape index (κ1) is 11.2. The van der Waals surface area contributed by atoms with Crippen LogP contribution in [0.1, 0.15) is 16.1 Å². The Balaban J connectivity index is 1.95. The van der Waals surface area contributed by atoms with Crippen LogP contribution in [0, 0.1) is 0 Å². The molecule has 0 saturated heterocycles. The fraction of sp³-hybridized carbons (Fsp3) is 0.0909. The molecule has 0 aliphatic heterocycles. The number of imidazole rings is 1. The average Bonchev–Trinajstić information content (AvgIpc) is 2.89. The van der Waals surface area contributed by atoms with Gasteiger partial charge in [0.25, 0.3) is 5.91 Å². The van der Waals surface area contributed by atoms with Crippen LogP contribution in [0.2, 0.25) is 0 Å². The molecule has 0 aliphatic rings. The molecule has 17 heavy (non-hydrogen) atoms. The lowest BCUT2D eigenvalue weighted by atomic mass is 10.2. The van der Waals surface area contributed by atoms with Crippen molar-refractivity contribution in [2.45, 2.75) is 6.54 Å². The van der Waals surface area contributed by atoms with Gasteiger partial charge >= 0.3 is 0 Å². The fourth-order valence-corrected chi connectivity index (χ4v) is 1.38. The number of H-pyrrole nitrogens is 1. The van der Waals surface area contributed by atoms with E-state index in [9.17, 15) is 4.79 Å². The van der Waals surface area contributed by atoms with Crippen molar-refractivity contribution in [3.8, 4) is 0 Å². The molecule has 2 rings (SSSR count). The Morgan fingerprint density at radius 2 is 2.12 bits per heavy atom. The van der Waals surface area contributed by atoms with Crippen molar-refractivity contribution in [3.63, 3.8) is 0 Å². The number of rotatable bonds is 4. The van der Waals surface area contributed by atoms with Crippen LogP contribution in [0.25, 0.3) is 0 Å². The van der Waals surface area contributed by atoms with Gasteiger partial charge in [0.15, 0.2) is 0 Å². The summed E-state index contributed by atoms with van der Waals surface area (Å²) >= 11 is 0. The van der Waals surface area contributed by atoms with Gasteiger partial charge in [0.2, 0.25) is 0 Å². The molecular weight excluding hydrogens is 218 g/mol. The van der Waals surface area contributed by atoms with Crippen molar-refractivity contribution < 1.29 is 4.79 Å². The SMILES string of the molecule is NNc1ccc(C(=O)NCc2cnc[nH]2)cc1. The number of hydrazine groups is 1. The molecule has 0 aliphatic carbocycles. The number of nitrogens with zero attached hydrogens (tertiary/aromatic N) is 1. The molecule has 5 N–H and O–H groups in total. The maximum absolute atomic E-state index is 11.7. The summed E-state index contributed by atoms with van der Waals surface area (Å²) in [5.41, 5.74) is 4.71. The van der Waals surface area contributed by atoms with Gasteiger partial charge in [0, 0.05) is 17.4 Å². The number of amides is 1. The molecular formula is C11H13N5O. The first-order valence-electron chi connectivity index (χ1n) is 5.12. The highest BCUT2D eigenvalue weighted by Crippen LogP contribution is 2.07. The number of hydrogen-bond acceptors (Lipinski definition) is 4. The fourth-order valence-electron chi connectivity index (χ4n) is 1.38. The zero-order chi connectivity index (χ0) is 12.1. The molecule has 1 amide bonds. The minimum Gasteiger partial charge on any atom is -0.347 e. The van der Waals surface area contributed by atoms with Crippen LogP contribution in [-0.4, -0.2) is 15.9 Å². The molecule has 0 unspecified atom stereocenters. The van der Waals surface area contributed by atoms with E-state index >= 15 is 0 Å². The second-order valence-corrected chi connectivity index (χ2v) is 3.48. The molecule has 0 spiro atoms. The predicted octanol–water partition coefficient (Wildman–Crippen LogP) is 0.625. The van der Waals surface area contributed by atoms with E-state index < -0.39 is 0 Å². The molecule has 6 heteroatoms. The Morgan fingerprint density at radius 1 is 1.35 bits per heavy atom. The first-order chi connectivity index (χ1) is 8.29. The summed E-state index contributed by atoms with van der Waals surface area (Å²) in [6, 6.07) is 6.89. The summed E-state index contributed by atoms with van der Waals surface area (Å²) in [6.07, 6.45) is 3.24. The van der Waals surface area contributed by atoms with Gasteiger partial charge in [-0.15, -0.1) is 0 Å². The molecule has 0 bridgehead atoms. The van der Waals surface area contributed by atoms with Crippen molar-refractivity contribution in [1.82, 2.24) is 15.3 Å². The third kappa shape index (κ3) is 2.82. The van der Waals surface area contributed by atoms with Gasteiger partial charge in [0.05, 0.1) is 18.6 Å². The van der Waals surface area contributed by atoms with Gasteiger partial charge in [-0.1, -0.05) is 0 Å². The van der Waals surface area contributed by atoms with Gasteiger partial charge in [-0.25, -0.2) is 4.98 Å². The topological polar surface area (TPSA) is 95.8 Å². The summed E-state index contributed by atoms with van der Waals surface area (Å²) in [5, 5.41) is 2.78. The zero-order valence-electron chi connectivity index (χ0n) is 9.10. The van der Waals surface area contributed by atoms with Gasteiger partial charge in [0.1, 0.15) is 0 Å². The number of aromatic nitrogens is 2. The maximum Gasteiger partial charge on any atom is 0.251 e. The standard InChI is InChI=1S/C11H13N5O/c12-16-9-3-1-8(2-4-9)11(17)14-6-10-5-13-7-15-10/h1-5,7,16H,6,12H2,(H,13,15)(H,14,17). The lowest BCUT2D eigenvalue weighted by Crippen LogP contribution is -2.22. The van der Waals surface area contributed by atoms with E-state index in [1.165, 1.54) is 0 Å². The second kappa shape index (κ2) is 5.13. The molecule has 1 aromatic heterocycles. The van der Waals surface area contributed by atoms with E-state index in [1.54, 1.807) is 36.8 Å². The van der Waals surface area contributed by atoms with Crippen molar-refractivity contribution >= 4 is 11.6 Å². The highest BCUT2D eigenvalue weighted by molar-refractivity contribution is 5.94. The normalized spacial score (nSPS) is 9.94. The van der Waals surface area contributed by atoms with E-state index in [2.05, 4.69) is 20.7 Å². The molecule has 0 saturated carbocycles. The molecule has 2 aromatic rings. The molecule has 6 nitrogen and oxygen atoms in total. The number of carbonyl (C=O) groups excluding carboxylic acids is 1. The quantitative estimate of drug-likeness (QED) is 0.458. The highest BCUT2D eigenvalue weighted by atomic mass is 16.1. The smallest absolute Gasteiger partial charge is 0.251 e. The number of anilines is 1. The van der Waals surface area contributed by atoms with Crippen molar-refractivity contribution in [1.29, 1.82) is 0 Å². The van der Waals surface area contributed by atoms with Crippen LogP contribution in [0.4, 0.5) is 5.69 Å². The van der Waals surface area contributed by atoms with Crippen LogP contribution in [-0.2, 0) is 6.54 Å². The van der Waals surface area contributed by atoms with Crippen LogP contribution >= 0.6 is 0 Å². The lowest BCUT2D eigenvalue weighted by Gasteiger charge is -2.04. The minimum absolute atomic E-state index is 0.136. The summed E-state index contributed by atoms with van der Waals surface area (Å²) in [7, 11) is 0. The summed E-state index contributed by atoms with van der Waals surface area (Å²) in [6.45, 7) is 0.426. The third-order valence-electron chi connectivity index (χ3n) is 2.31. The Bertz CT molecular complexity index is 477. The molecule has 0 atom stereocenters. The van der Waals surface area contributed by atoms with E-state index in [4.69, 9.17) is 5.84 Å². The van der Waals surface area contributed by atoms with Crippen LogP contribution in [0.3, 0.4) is 0 Å². The Labute approximate surface area is 98.2 Å².